The van der Waals surface area contributed by atoms with Crippen molar-refractivity contribution in [1.29, 1.82) is 0 Å². The van der Waals surface area contributed by atoms with E-state index in [-0.39, 0.29) is 17.5 Å². The first-order valence-corrected chi connectivity index (χ1v) is 4.68. The molecular formula is C11H15NO2. The van der Waals surface area contributed by atoms with Crippen LogP contribution in [0, 0.1) is 5.92 Å². The lowest BCUT2D eigenvalue weighted by atomic mass is 9.88. The first kappa shape index (κ1) is 10.7. The Morgan fingerprint density at radius 1 is 1.29 bits per heavy atom. The second-order valence-electron chi connectivity index (χ2n) is 3.70. The summed E-state index contributed by atoms with van der Waals surface area (Å²) in [4.78, 5) is 23.3. The molecule has 14 heavy (non-hydrogen) atoms. The third-order valence-corrected chi connectivity index (χ3v) is 2.39. The van der Waals surface area contributed by atoms with Crippen LogP contribution in [0.5, 0.6) is 0 Å². The van der Waals surface area contributed by atoms with Gasteiger partial charge in [0.15, 0.2) is 5.78 Å². The van der Waals surface area contributed by atoms with Crippen molar-refractivity contribution in [3.05, 3.63) is 22.9 Å². The van der Waals surface area contributed by atoms with E-state index in [9.17, 15) is 9.59 Å². The van der Waals surface area contributed by atoms with Crippen LogP contribution in [0.4, 0.5) is 0 Å². The molecule has 1 aliphatic carbocycles. The number of hydrogen-bond donors (Lipinski definition) is 1. The maximum Gasteiger partial charge on any atom is 0.205 e. The fourth-order valence-electron chi connectivity index (χ4n) is 1.48. The molecule has 0 heterocycles. The van der Waals surface area contributed by atoms with Gasteiger partial charge in [-0.15, -0.1) is 0 Å². The van der Waals surface area contributed by atoms with E-state index in [1.807, 2.05) is 13.8 Å². The molecule has 3 heteroatoms. The van der Waals surface area contributed by atoms with Gasteiger partial charge < -0.3 is 5.32 Å². The van der Waals surface area contributed by atoms with E-state index in [1.165, 1.54) is 6.08 Å². The van der Waals surface area contributed by atoms with E-state index >= 15 is 0 Å². The summed E-state index contributed by atoms with van der Waals surface area (Å²) in [6.07, 6.45) is 1.45. The normalized spacial score (nSPS) is 17.6. The lowest BCUT2D eigenvalue weighted by Gasteiger charge is -2.18. The number of hydrogen-bond acceptors (Lipinski definition) is 3. The predicted molar refractivity (Wildman–Crippen MR) is 54.7 cm³/mol. The Balaban J connectivity index is 3.17. The average molecular weight is 193 g/mol. The second-order valence-corrected chi connectivity index (χ2v) is 3.70. The van der Waals surface area contributed by atoms with Crippen LogP contribution in [0.15, 0.2) is 22.9 Å². The fraction of sp³-hybridized carbons (Fsp3) is 0.455. The minimum absolute atomic E-state index is 0.0559. The van der Waals surface area contributed by atoms with Gasteiger partial charge in [0.2, 0.25) is 5.78 Å². The zero-order valence-corrected chi connectivity index (χ0v) is 8.97. The van der Waals surface area contributed by atoms with Crippen LogP contribution in [0.3, 0.4) is 0 Å². The summed E-state index contributed by atoms with van der Waals surface area (Å²) in [5.74, 6) is -0.0415. The highest BCUT2D eigenvalue weighted by Gasteiger charge is 2.26. The molecule has 0 saturated heterocycles. The molecule has 0 radical (unpaired) electrons. The van der Waals surface area contributed by atoms with Crippen LogP contribution in [0.25, 0.3) is 0 Å². The van der Waals surface area contributed by atoms with Crippen molar-refractivity contribution in [1.82, 2.24) is 5.32 Å². The van der Waals surface area contributed by atoms with E-state index in [2.05, 4.69) is 5.32 Å². The Morgan fingerprint density at radius 2 is 1.86 bits per heavy atom. The van der Waals surface area contributed by atoms with Gasteiger partial charge in [-0.2, -0.15) is 0 Å². The predicted octanol–water partition coefficient (Wildman–Crippen LogP) is 1.21. The SMILES string of the molecule is CNC1=C(C)C(=O)C=C(C(C)C)C1=O. The highest BCUT2D eigenvalue weighted by atomic mass is 16.1. The minimum Gasteiger partial charge on any atom is -0.385 e. The molecule has 3 nitrogen and oxygen atoms in total. The van der Waals surface area contributed by atoms with Gasteiger partial charge in [-0.1, -0.05) is 13.8 Å². The first-order chi connectivity index (χ1) is 6.49. The second kappa shape index (κ2) is 3.78. The summed E-state index contributed by atoms with van der Waals surface area (Å²) in [6.45, 7) is 5.48. The monoisotopic (exact) mass is 193 g/mol. The Morgan fingerprint density at radius 3 is 2.29 bits per heavy atom. The van der Waals surface area contributed by atoms with Gasteiger partial charge in [0.1, 0.15) is 0 Å². The third kappa shape index (κ3) is 1.62. The van der Waals surface area contributed by atoms with Crippen molar-refractivity contribution in [3.8, 4) is 0 Å². The average Bonchev–Trinajstić information content (AvgIpc) is 2.12. The highest BCUT2D eigenvalue weighted by Crippen LogP contribution is 2.22. The molecule has 0 aromatic rings. The van der Waals surface area contributed by atoms with Crippen LogP contribution >= 0.6 is 0 Å². The van der Waals surface area contributed by atoms with E-state index in [0.29, 0.717) is 16.8 Å². The standard InChI is InChI=1S/C11H15NO2/c1-6(2)8-5-9(13)7(3)10(12-4)11(8)14/h5-6,12H,1-4H3. The van der Waals surface area contributed by atoms with Gasteiger partial charge in [-0.3, -0.25) is 9.59 Å². The molecular weight excluding hydrogens is 178 g/mol. The Bertz CT molecular complexity index is 348. The van der Waals surface area contributed by atoms with Gasteiger partial charge >= 0.3 is 0 Å². The minimum atomic E-state index is -0.0716. The number of Topliss-reactive ketones (excluding diaryl/α,β-unsaturated/α-hetero) is 1. The molecule has 0 aliphatic heterocycles. The Kier molecular flexibility index (Phi) is 2.89. The number of likely N-dealkylation sites (N-methyl/N-ethyl adjacent to an activating group) is 1. The molecule has 76 valence electrons. The van der Waals surface area contributed by atoms with Crippen LogP contribution in [-0.4, -0.2) is 18.6 Å². The lowest BCUT2D eigenvalue weighted by Crippen LogP contribution is -2.27. The van der Waals surface area contributed by atoms with Crippen molar-refractivity contribution >= 4 is 11.6 Å². The summed E-state index contributed by atoms with van der Waals surface area (Å²) in [5, 5.41) is 2.79. The molecule has 0 saturated carbocycles. The molecule has 1 N–H and O–H groups in total. The lowest BCUT2D eigenvalue weighted by molar-refractivity contribution is -0.116. The zero-order valence-electron chi connectivity index (χ0n) is 8.97. The molecule has 0 spiro atoms. The molecule has 0 aromatic carbocycles. The van der Waals surface area contributed by atoms with Gasteiger partial charge in [-0.25, -0.2) is 0 Å². The highest BCUT2D eigenvalue weighted by molar-refractivity contribution is 6.22. The number of allylic oxidation sites excluding steroid dienone is 3. The van der Waals surface area contributed by atoms with Crippen molar-refractivity contribution in [2.45, 2.75) is 20.8 Å². The topological polar surface area (TPSA) is 46.2 Å². The van der Waals surface area contributed by atoms with E-state index in [4.69, 9.17) is 0 Å². The number of nitrogens with one attached hydrogen (secondary N) is 1. The van der Waals surface area contributed by atoms with Crippen molar-refractivity contribution in [2.75, 3.05) is 7.05 Å². The van der Waals surface area contributed by atoms with Crippen LogP contribution in [-0.2, 0) is 9.59 Å². The third-order valence-electron chi connectivity index (χ3n) is 2.39. The number of carbonyl (C=O) groups is 2. The van der Waals surface area contributed by atoms with E-state index in [0.717, 1.165) is 0 Å². The molecule has 0 fully saturated rings. The zero-order chi connectivity index (χ0) is 10.9. The summed E-state index contributed by atoms with van der Waals surface area (Å²) in [6, 6.07) is 0. The summed E-state index contributed by atoms with van der Waals surface area (Å²) in [7, 11) is 1.66. The van der Waals surface area contributed by atoms with Crippen LogP contribution < -0.4 is 5.32 Å². The molecule has 1 rings (SSSR count). The molecule has 1 aliphatic rings. The summed E-state index contributed by atoms with van der Waals surface area (Å²) in [5.41, 5.74) is 1.52. The molecule has 0 aromatic heterocycles. The van der Waals surface area contributed by atoms with Crippen LogP contribution in [0.2, 0.25) is 0 Å². The Labute approximate surface area is 83.9 Å². The molecule has 0 amide bonds. The number of rotatable bonds is 2. The molecule has 0 bridgehead atoms. The fourth-order valence-corrected chi connectivity index (χ4v) is 1.48. The largest absolute Gasteiger partial charge is 0.385 e. The number of carbonyl (C=O) groups excluding carboxylic acids is 2. The summed E-state index contributed by atoms with van der Waals surface area (Å²) < 4.78 is 0. The van der Waals surface area contributed by atoms with Gasteiger partial charge in [0.25, 0.3) is 0 Å². The molecule has 0 unspecified atom stereocenters. The van der Waals surface area contributed by atoms with Gasteiger partial charge in [-0.05, 0) is 18.9 Å². The van der Waals surface area contributed by atoms with Crippen LogP contribution in [0.1, 0.15) is 20.8 Å². The van der Waals surface area contributed by atoms with Crippen molar-refractivity contribution in [3.63, 3.8) is 0 Å². The maximum atomic E-state index is 11.8. The number of ketones is 2. The van der Waals surface area contributed by atoms with Crippen molar-refractivity contribution < 1.29 is 9.59 Å². The maximum absolute atomic E-state index is 11.8. The smallest absolute Gasteiger partial charge is 0.205 e. The first-order valence-electron chi connectivity index (χ1n) is 4.68. The summed E-state index contributed by atoms with van der Waals surface area (Å²) >= 11 is 0. The van der Waals surface area contributed by atoms with E-state index < -0.39 is 0 Å². The van der Waals surface area contributed by atoms with Gasteiger partial charge in [0, 0.05) is 18.2 Å². The quantitative estimate of drug-likeness (QED) is 0.670. The van der Waals surface area contributed by atoms with Crippen molar-refractivity contribution in [2.24, 2.45) is 5.92 Å². The van der Waals surface area contributed by atoms with Gasteiger partial charge in [0.05, 0.1) is 5.70 Å². The molecule has 0 atom stereocenters. The van der Waals surface area contributed by atoms with E-state index in [1.54, 1.807) is 14.0 Å². The Hall–Kier alpha value is -1.38.